The number of hydrogen-bond donors (Lipinski definition) is 0. The van der Waals surface area contributed by atoms with Crippen LogP contribution in [0.3, 0.4) is 0 Å². The fourth-order valence-corrected chi connectivity index (χ4v) is 17.7. The van der Waals surface area contributed by atoms with Crippen LogP contribution in [0.5, 0.6) is 0 Å². The highest BCUT2D eigenvalue weighted by atomic mass is 32.1. The Balaban J connectivity index is 0.693. The fraction of sp³-hybridized carbons (Fsp3) is 0. The first-order valence-electron chi connectivity index (χ1n) is 36.5. The molecule has 18 aromatic carbocycles. The molecule has 22 rings (SSSR count). The molecule has 107 heavy (non-hydrogen) atoms. The summed E-state index contributed by atoms with van der Waals surface area (Å²) in [5.41, 5.74) is 26.2. The van der Waals surface area contributed by atoms with E-state index in [1.165, 1.54) is 131 Å². The van der Waals surface area contributed by atoms with Crippen LogP contribution in [-0.4, -0.2) is 22.4 Å². The van der Waals surface area contributed by atoms with Crippen molar-refractivity contribution in [3.63, 3.8) is 0 Å². The van der Waals surface area contributed by atoms with Gasteiger partial charge in [0, 0.05) is 71.7 Å². The monoisotopic (exact) mass is 1380 g/mol. The first-order chi connectivity index (χ1) is 53.0. The summed E-state index contributed by atoms with van der Waals surface area (Å²) < 4.78 is 17.8. The van der Waals surface area contributed by atoms with Crippen LogP contribution in [0.4, 0.5) is 17.1 Å². The zero-order valence-corrected chi connectivity index (χ0v) is 58.7. The summed E-state index contributed by atoms with van der Waals surface area (Å²) in [4.78, 5) is 2.39. The highest BCUT2D eigenvalue weighted by molar-refractivity contribution is 7.00. The Bertz CT molecular complexity index is 7070. The number of rotatable bonds is 11. The summed E-state index contributed by atoms with van der Waals surface area (Å²) in [6, 6.07) is 138. The third kappa shape index (κ3) is 9.86. The van der Waals surface area contributed by atoms with Gasteiger partial charge >= 0.3 is 0 Å². The van der Waals surface area contributed by atoms with Crippen molar-refractivity contribution < 1.29 is 0 Å². The number of hydrogen-bond acceptors (Lipinski definition) is 4. The highest BCUT2D eigenvalue weighted by Gasteiger charge is 2.25. The Hall–Kier alpha value is -14.0. The van der Waals surface area contributed by atoms with Crippen molar-refractivity contribution in [3.05, 3.63) is 376 Å². The molecule has 4 heterocycles. The molecule has 4 aromatic heterocycles. The molecule has 0 fully saturated rings. The molecule has 7 heteroatoms. The smallest absolute Gasteiger partial charge is 0.129 e. The van der Waals surface area contributed by atoms with Crippen molar-refractivity contribution in [2.45, 2.75) is 0 Å². The van der Waals surface area contributed by atoms with E-state index in [-0.39, 0.29) is 0 Å². The van der Waals surface area contributed by atoms with Gasteiger partial charge in [-0.15, -0.1) is 0 Å². The summed E-state index contributed by atoms with van der Waals surface area (Å²) in [7, 11) is 0. The van der Waals surface area contributed by atoms with Gasteiger partial charge in [-0.1, -0.05) is 249 Å². The summed E-state index contributed by atoms with van der Waals surface area (Å²) in [6.45, 7) is 0. The van der Waals surface area contributed by atoms with Crippen molar-refractivity contribution in [1.82, 2.24) is 22.4 Å². The van der Waals surface area contributed by atoms with Crippen LogP contribution < -0.4 is 4.90 Å². The lowest BCUT2D eigenvalue weighted by atomic mass is 9.99. The third-order valence-corrected chi connectivity index (χ3v) is 22.7. The lowest BCUT2D eigenvalue weighted by Crippen LogP contribution is -2.11. The van der Waals surface area contributed by atoms with Crippen molar-refractivity contribution in [1.29, 1.82) is 0 Å². The summed E-state index contributed by atoms with van der Waals surface area (Å²) >= 11 is 1.26. The molecule has 0 aliphatic heterocycles. The maximum Gasteiger partial charge on any atom is 0.129 e. The van der Waals surface area contributed by atoms with Crippen LogP contribution >= 0.6 is 11.7 Å². The minimum Gasteiger partial charge on any atom is -0.309 e. The number of nitrogens with zero attached hydrogens (tertiary/aromatic N) is 6. The second kappa shape index (κ2) is 24.3. The Labute approximate surface area is 620 Å². The van der Waals surface area contributed by atoms with E-state index in [0.717, 1.165) is 89.6 Å². The molecule has 0 aliphatic carbocycles. The first-order valence-corrected chi connectivity index (χ1v) is 37.2. The van der Waals surface area contributed by atoms with Gasteiger partial charge in [0.1, 0.15) is 11.0 Å². The van der Waals surface area contributed by atoms with E-state index in [2.05, 4.69) is 395 Å². The van der Waals surface area contributed by atoms with Crippen molar-refractivity contribution >= 4 is 148 Å². The van der Waals surface area contributed by atoms with Gasteiger partial charge in [0.05, 0.1) is 50.5 Å². The Kier molecular flexibility index (Phi) is 13.8. The van der Waals surface area contributed by atoms with Gasteiger partial charge in [-0.2, -0.15) is 8.75 Å². The Morgan fingerprint density at radius 1 is 0.224 bits per heavy atom. The quantitative estimate of drug-likeness (QED) is 0.130. The Morgan fingerprint density at radius 3 is 1.18 bits per heavy atom. The SMILES string of the molecule is c1ccc(-c2ccc(-n3c4ccc(-c5cccc(N(c6cccc(-c7ccc8c(c7)c7cc9ccccc9cc7n8-c7ccc(-c8ccccc8)cc7)c6)c6ccc(-c7ccc(-n8c9ccc%10ccccc%10c9c9ccc%10ccccc%10c98)cc7)c7nsnc67)c5)cc4c4cc5ccccc5cc43)cc2)cc1. The van der Waals surface area contributed by atoms with E-state index >= 15 is 0 Å². The Morgan fingerprint density at radius 2 is 0.626 bits per heavy atom. The molecule has 0 saturated carbocycles. The summed E-state index contributed by atoms with van der Waals surface area (Å²) in [5.74, 6) is 0. The van der Waals surface area contributed by atoms with Crippen molar-refractivity contribution in [2.24, 2.45) is 0 Å². The van der Waals surface area contributed by atoms with E-state index in [1.807, 2.05) is 0 Å². The van der Waals surface area contributed by atoms with E-state index in [9.17, 15) is 0 Å². The summed E-state index contributed by atoms with van der Waals surface area (Å²) in [6.07, 6.45) is 0. The second-order valence-electron chi connectivity index (χ2n) is 28.2. The first kappa shape index (κ1) is 60.6. The highest BCUT2D eigenvalue weighted by Crippen LogP contribution is 2.47. The van der Waals surface area contributed by atoms with Gasteiger partial charge in [0.25, 0.3) is 0 Å². The molecule has 0 N–H and O–H groups in total. The molecule has 22 aromatic rings. The zero-order valence-electron chi connectivity index (χ0n) is 57.9. The number of anilines is 3. The second-order valence-corrected chi connectivity index (χ2v) is 28.7. The standard InChI is InChI=1S/C100H62N6S/c1-3-17-63(18-4-1)65-33-43-78(44-34-65)104-91-51-41-76(59-87(91)89-57-72-23-7-9-25-74(72)61-95(89)104)70-27-15-29-81(55-70)103(82-30-16-28-71(56-82)77-42-52-92-88(60-77)90-58-73-24-8-10-26-75(73)62-96(90)105(92)79-45-35-66(36-46-79)64-19-5-2-6-20-64)94-54-50-84(98-99(94)102-107-101-98)69-37-47-80(48-38-69)106-93-53-40-67-21-11-13-31-83(67)97(93)86-49-39-68-22-12-14-32-85(68)100(86)106/h1-62H. The van der Waals surface area contributed by atoms with E-state index in [0.29, 0.717) is 0 Å². The van der Waals surface area contributed by atoms with Crippen LogP contribution in [0, 0.1) is 0 Å². The lowest BCUT2D eigenvalue weighted by Gasteiger charge is -2.27. The molecule has 6 nitrogen and oxygen atoms in total. The van der Waals surface area contributed by atoms with Crippen LogP contribution in [-0.2, 0) is 0 Å². The molecule has 0 saturated heterocycles. The van der Waals surface area contributed by atoms with E-state index in [1.54, 1.807) is 0 Å². The average Bonchev–Trinajstić information content (AvgIpc) is 1.61. The molecule has 0 amide bonds. The zero-order chi connectivity index (χ0) is 70.2. The molecule has 0 radical (unpaired) electrons. The van der Waals surface area contributed by atoms with Crippen molar-refractivity contribution in [3.8, 4) is 72.7 Å². The van der Waals surface area contributed by atoms with Gasteiger partial charge in [-0.3, -0.25) is 0 Å². The van der Waals surface area contributed by atoms with E-state index < -0.39 is 0 Å². The number of benzene rings is 18. The molecular weight excluding hydrogens is 1320 g/mol. The molecule has 0 aliphatic rings. The lowest BCUT2D eigenvalue weighted by molar-refractivity contribution is 1.18. The summed E-state index contributed by atoms with van der Waals surface area (Å²) in [5, 5.41) is 17.1. The van der Waals surface area contributed by atoms with Crippen LogP contribution in [0.25, 0.3) is 192 Å². The predicted octanol–water partition coefficient (Wildman–Crippen LogP) is 27.4. The van der Waals surface area contributed by atoms with Crippen LogP contribution in [0.2, 0.25) is 0 Å². The van der Waals surface area contributed by atoms with Crippen LogP contribution in [0.15, 0.2) is 376 Å². The van der Waals surface area contributed by atoms with Gasteiger partial charge in [0.15, 0.2) is 0 Å². The van der Waals surface area contributed by atoms with E-state index in [4.69, 9.17) is 8.75 Å². The van der Waals surface area contributed by atoms with Gasteiger partial charge < -0.3 is 18.6 Å². The average molecular weight is 1380 g/mol. The minimum atomic E-state index is 0.824. The maximum absolute atomic E-state index is 5.26. The molecule has 0 bridgehead atoms. The fourth-order valence-electron chi connectivity index (χ4n) is 17.1. The van der Waals surface area contributed by atoms with Gasteiger partial charge in [0.2, 0.25) is 0 Å². The molecule has 498 valence electrons. The minimum absolute atomic E-state index is 0.824. The molecular formula is C100H62N6S. The normalized spacial score (nSPS) is 11.9. The predicted molar refractivity (Wildman–Crippen MR) is 452 cm³/mol. The molecule has 0 atom stereocenters. The third-order valence-electron chi connectivity index (χ3n) is 22.2. The topological polar surface area (TPSA) is 43.8 Å². The van der Waals surface area contributed by atoms with Gasteiger partial charge in [-0.05, 0) is 215 Å². The number of fused-ring (bicyclic) bond motifs is 16. The molecule has 0 unspecified atom stereocenters. The van der Waals surface area contributed by atoms with Crippen molar-refractivity contribution in [2.75, 3.05) is 4.90 Å². The van der Waals surface area contributed by atoms with Crippen LogP contribution in [0.1, 0.15) is 0 Å². The maximum atomic E-state index is 5.26. The van der Waals surface area contributed by atoms with Gasteiger partial charge in [-0.25, -0.2) is 0 Å². The molecule has 0 spiro atoms. The number of aromatic nitrogens is 5. The largest absolute Gasteiger partial charge is 0.309 e.